The van der Waals surface area contributed by atoms with Crippen LogP contribution in [0, 0.1) is 5.82 Å². The molecule has 0 aliphatic carbocycles. The molecular formula is C19H19FN2O4. The van der Waals surface area contributed by atoms with E-state index in [9.17, 15) is 18.8 Å². The van der Waals surface area contributed by atoms with Gasteiger partial charge in [0.1, 0.15) is 5.82 Å². The number of hydrogen-bond donors (Lipinski definition) is 2. The van der Waals surface area contributed by atoms with Gasteiger partial charge < -0.3 is 15.4 Å². The second kappa shape index (κ2) is 8.75. The molecule has 2 amide bonds. The Hall–Kier alpha value is -3.22. The van der Waals surface area contributed by atoms with Crippen molar-refractivity contribution in [2.24, 2.45) is 0 Å². The molecule has 2 aromatic rings. The molecule has 2 N–H and O–H groups in total. The quantitative estimate of drug-likeness (QED) is 0.778. The highest BCUT2D eigenvalue weighted by Gasteiger charge is 2.14. The SMILES string of the molecule is CC(=O)Nc1cccc(C(=O)OCC(=O)N[C@H](C)c2ccc(F)cc2)c1. The van der Waals surface area contributed by atoms with Crippen LogP contribution in [0.15, 0.2) is 48.5 Å². The lowest BCUT2D eigenvalue weighted by Crippen LogP contribution is -2.31. The van der Waals surface area contributed by atoms with Crippen LogP contribution in [0.2, 0.25) is 0 Å². The summed E-state index contributed by atoms with van der Waals surface area (Å²) in [5, 5.41) is 5.22. The number of benzene rings is 2. The van der Waals surface area contributed by atoms with Gasteiger partial charge in [-0.1, -0.05) is 18.2 Å². The van der Waals surface area contributed by atoms with E-state index in [0.29, 0.717) is 5.69 Å². The average Bonchev–Trinajstić information content (AvgIpc) is 2.59. The molecule has 0 unspecified atom stereocenters. The summed E-state index contributed by atoms with van der Waals surface area (Å²) in [6.07, 6.45) is 0. The lowest BCUT2D eigenvalue weighted by Gasteiger charge is -2.14. The summed E-state index contributed by atoms with van der Waals surface area (Å²) in [7, 11) is 0. The van der Waals surface area contributed by atoms with Crippen LogP contribution in [0.25, 0.3) is 0 Å². The maximum Gasteiger partial charge on any atom is 0.338 e. The number of esters is 1. The van der Waals surface area contributed by atoms with Gasteiger partial charge in [-0.25, -0.2) is 9.18 Å². The number of carbonyl (C=O) groups is 3. The number of halogens is 1. The highest BCUT2D eigenvalue weighted by molar-refractivity contribution is 5.94. The molecule has 136 valence electrons. The third-order valence-corrected chi connectivity index (χ3v) is 3.50. The van der Waals surface area contributed by atoms with Crippen molar-refractivity contribution in [2.45, 2.75) is 19.9 Å². The summed E-state index contributed by atoms with van der Waals surface area (Å²) < 4.78 is 17.9. The number of carbonyl (C=O) groups excluding carboxylic acids is 3. The zero-order valence-electron chi connectivity index (χ0n) is 14.4. The van der Waals surface area contributed by atoms with E-state index in [-0.39, 0.29) is 23.3 Å². The molecule has 0 fully saturated rings. The molecule has 0 aromatic heterocycles. The molecule has 0 heterocycles. The number of nitrogens with one attached hydrogen (secondary N) is 2. The summed E-state index contributed by atoms with van der Waals surface area (Å²) in [5.41, 5.74) is 1.41. The normalized spacial score (nSPS) is 11.3. The molecule has 2 rings (SSSR count). The van der Waals surface area contributed by atoms with Gasteiger partial charge in [-0.05, 0) is 42.8 Å². The van der Waals surface area contributed by atoms with Gasteiger partial charge in [0, 0.05) is 12.6 Å². The summed E-state index contributed by atoms with van der Waals surface area (Å²) in [4.78, 5) is 35.0. The number of amides is 2. The van der Waals surface area contributed by atoms with E-state index in [2.05, 4.69) is 10.6 Å². The topological polar surface area (TPSA) is 84.5 Å². The van der Waals surface area contributed by atoms with Gasteiger partial charge in [0.05, 0.1) is 11.6 Å². The van der Waals surface area contributed by atoms with Crippen molar-refractivity contribution < 1.29 is 23.5 Å². The first-order chi connectivity index (χ1) is 12.3. The van der Waals surface area contributed by atoms with Crippen LogP contribution in [0.4, 0.5) is 10.1 Å². The van der Waals surface area contributed by atoms with E-state index >= 15 is 0 Å². The maximum atomic E-state index is 12.9. The van der Waals surface area contributed by atoms with Crippen molar-refractivity contribution in [1.29, 1.82) is 0 Å². The molecule has 0 aliphatic rings. The van der Waals surface area contributed by atoms with Crippen molar-refractivity contribution >= 4 is 23.5 Å². The van der Waals surface area contributed by atoms with Crippen LogP contribution in [0.1, 0.15) is 35.8 Å². The number of ether oxygens (including phenoxy) is 1. The van der Waals surface area contributed by atoms with Crippen molar-refractivity contribution in [3.8, 4) is 0 Å². The monoisotopic (exact) mass is 358 g/mol. The molecule has 26 heavy (non-hydrogen) atoms. The second-order valence-corrected chi connectivity index (χ2v) is 5.68. The highest BCUT2D eigenvalue weighted by atomic mass is 19.1. The Bertz CT molecular complexity index is 805. The van der Waals surface area contributed by atoms with E-state index in [1.807, 2.05) is 0 Å². The van der Waals surface area contributed by atoms with Crippen molar-refractivity contribution in [1.82, 2.24) is 5.32 Å². The Labute approximate surface area is 150 Å². The van der Waals surface area contributed by atoms with E-state index in [1.165, 1.54) is 31.2 Å². The van der Waals surface area contributed by atoms with Gasteiger partial charge in [-0.15, -0.1) is 0 Å². The molecular weight excluding hydrogens is 339 g/mol. The molecule has 2 aromatic carbocycles. The second-order valence-electron chi connectivity index (χ2n) is 5.68. The van der Waals surface area contributed by atoms with Crippen LogP contribution < -0.4 is 10.6 Å². The number of hydrogen-bond acceptors (Lipinski definition) is 4. The summed E-state index contributed by atoms with van der Waals surface area (Å²) in [6.45, 7) is 2.65. The standard InChI is InChI=1S/C19H19FN2O4/c1-12(14-6-8-16(20)9-7-14)21-18(24)11-26-19(25)15-4-3-5-17(10-15)22-13(2)23/h3-10,12H,11H2,1-2H3,(H,21,24)(H,22,23)/t12-/m1/s1. The predicted molar refractivity (Wildman–Crippen MR) is 94.0 cm³/mol. The molecule has 0 aliphatic heterocycles. The largest absolute Gasteiger partial charge is 0.452 e. The van der Waals surface area contributed by atoms with Gasteiger partial charge in [0.15, 0.2) is 6.61 Å². The van der Waals surface area contributed by atoms with Gasteiger partial charge in [-0.3, -0.25) is 9.59 Å². The highest BCUT2D eigenvalue weighted by Crippen LogP contribution is 2.13. The molecule has 6 nitrogen and oxygen atoms in total. The Morgan fingerprint density at radius 1 is 1.12 bits per heavy atom. The fourth-order valence-electron chi connectivity index (χ4n) is 2.26. The molecule has 7 heteroatoms. The van der Waals surface area contributed by atoms with E-state index < -0.39 is 18.5 Å². The number of rotatable bonds is 6. The van der Waals surface area contributed by atoms with Crippen molar-refractivity contribution in [3.05, 3.63) is 65.5 Å². The van der Waals surface area contributed by atoms with Gasteiger partial charge >= 0.3 is 5.97 Å². The predicted octanol–water partition coefficient (Wildman–Crippen LogP) is 2.82. The molecule has 1 atom stereocenters. The van der Waals surface area contributed by atoms with Crippen LogP contribution >= 0.6 is 0 Å². The lowest BCUT2D eigenvalue weighted by molar-refractivity contribution is -0.124. The average molecular weight is 358 g/mol. The minimum atomic E-state index is -0.679. The first-order valence-electron chi connectivity index (χ1n) is 7.95. The Morgan fingerprint density at radius 3 is 2.46 bits per heavy atom. The Kier molecular flexibility index (Phi) is 6.43. The minimum Gasteiger partial charge on any atom is -0.452 e. The molecule has 0 radical (unpaired) electrons. The van der Waals surface area contributed by atoms with Crippen LogP contribution in [-0.2, 0) is 14.3 Å². The minimum absolute atomic E-state index is 0.218. The molecule has 0 saturated carbocycles. The van der Waals surface area contributed by atoms with Gasteiger partial charge in [0.25, 0.3) is 5.91 Å². The Balaban J connectivity index is 1.87. The molecule has 0 saturated heterocycles. The first kappa shape index (κ1) is 19.1. The van der Waals surface area contributed by atoms with Crippen LogP contribution in [-0.4, -0.2) is 24.4 Å². The molecule has 0 spiro atoms. The summed E-state index contributed by atoms with van der Waals surface area (Å²) in [5.74, 6) is -1.78. The zero-order chi connectivity index (χ0) is 19.1. The van der Waals surface area contributed by atoms with Crippen molar-refractivity contribution in [2.75, 3.05) is 11.9 Å². The summed E-state index contributed by atoms with van der Waals surface area (Å²) >= 11 is 0. The van der Waals surface area contributed by atoms with E-state index in [0.717, 1.165) is 5.56 Å². The Morgan fingerprint density at radius 2 is 1.81 bits per heavy atom. The zero-order valence-corrected chi connectivity index (χ0v) is 14.4. The maximum absolute atomic E-state index is 12.9. The van der Waals surface area contributed by atoms with Crippen LogP contribution in [0.3, 0.4) is 0 Å². The summed E-state index contributed by atoms with van der Waals surface area (Å²) in [6, 6.07) is 11.6. The van der Waals surface area contributed by atoms with Gasteiger partial charge in [0.2, 0.25) is 5.91 Å². The first-order valence-corrected chi connectivity index (χ1v) is 7.95. The van der Waals surface area contributed by atoms with Crippen LogP contribution in [0.5, 0.6) is 0 Å². The third kappa shape index (κ3) is 5.70. The molecule has 0 bridgehead atoms. The third-order valence-electron chi connectivity index (χ3n) is 3.50. The lowest BCUT2D eigenvalue weighted by atomic mass is 10.1. The van der Waals surface area contributed by atoms with Gasteiger partial charge in [-0.2, -0.15) is 0 Å². The van der Waals surface area contributed by atoms with E-state index in [1.54, 1.807) is 31.2 Å². The smallest absolute Gasteiger partial charge is 0.338 e. The fraction of sp³-hybridized carbons (Fsp3) is 0.211. The fourth-order valence-corrected chi connectivity index (χ4v) is 2.26. The van der Waals surface area contributed by atoms with E-state index in [4.69, 9.17) is 4.74 Å². The van der Waals surface area contributed by atoms with Crippen molar-refractivity contribution in [3.63, 3.8) is 0 Å². The number of anilines is 1.